The summed E-state index contributed by atoms with van der Waals surface area (Å²) in [5.74, 6) is 0.754. The molecule has 0 radical (unpaired) electrons. The number of anilines is 1. The van der Waals surface area contributed by atoms with Gasteiger partial charge >= 0.3 is 0 Å². The maximum atomic E-state index is 12.9. The number of carbonyl (C=O) groups is 1. The van der Waals surface area contributed by atoms with E-state index in [1.54, 1.807) is 18.3 Å². The minimum absolute atomic E-state index is 0.234. The maximum Gasteiger partial charge on any atom is 0.257 e. The van der Waals surface area contributed by atoms with Crippen molar-refractivity contribution in [3.63, 3.8) is 0 Å². The zero-order chi connectivity index (χ0) is 19.8. The molecule has 2 aromatic heterocycles. The number of hydrogen-bond donors (Lipinski definition) is 1. The number of nitrogens with one attached hydrogen (secondary N) is 1. The fraction of sp³-hybridized carbons (Fsp3) is 0.174. The lowest BCUT2D eigenvalue weighted by atomic mass is 10.1. The molecule has 5 nitrogen and oxygen atoms in total. The Balaban J connectivity index is 1.41. The van der Waals surface area contributed by atoms with Gasteiger partial charge in [0.1, 0.15) is 5.82 Å². The Morgan fingerprint density at radius 2 is 1.93 bits per heavy atom. The number of halogens is 1. The third-order valence-electron chi connectivity index (χ3n) is 5.32. The second-order valence-electron chi connectivity index (χ2n) is 7.24. The van der Waals surface area contributed by atoms with Gasteiger partial charge < -0.3 is 9.88 Å². The number of carbonyl (C=O) groups excluding carboxylic acids is 1. The van der Waals surface area contributed by atoms with Crippen LogP contribution in [0.15, 0.2) is 60.9 Å². The van der Waals surface area contributed by atoms with Crippen molar-refractivity contribution in [3.05, 3.63) is 77.2 Å². The number of nitrogens with zero attached hydrogens (tertiary/aromatic N) is 3. The second-order valence-corrected chi connectivity index (χ2v) is 7.68. The molecule has 0 aliphatic carbocycles. The van der Waals surface area contributed by atoms with Gasteiger partial charge in [0.15, 0.2) is 0 Å². The van der Waals surface area contributed by atoms with E-state index in [0.29, 0.717) is 21.8 Å². The van der Waals surface area contributed by atoms with Gasteiger partial charge in [0.25, 0.3) is 5.91 Å². The van der Waals surface area contributed by atoms with Crippen LogP contribution < -0.4 is 5.32 Å². The van der Waals surface area contributed by atoms with Crippen molar-refractivity contribution in [1.82, 2.24) is 14.5 Å². The minimum atomic E-state index is -0.234. The number of fused-ring (bicyclic) bond motifs is 2. The molecule has 0 spiro atoms. The zero-order valence-corrected chi connectivity index (χ0v) is 16.5. The van der Waals surface area contributed by atoms with Gasteiger partial charge in [-0.15, -0.1) is 0 Å². The van der Waals surface area contributed by atoms with E-state index in [0.717, 1.165) is 29.7 Å². The predicted octanol–water partition coefficient (Wildman–Crippen LogP) is 5.34. The summed E-state index contributed by atoms with van der Waals surface area (Å²) in [7, 11) is 0. The molecule has 0 fully saturated rings. The van der Waals surface area contributed by atoms with E-state index in [2.05, 4.69) is 19.9 Å². The van der Waals surface area contributed by atoms with Crippen LogP contribution in [0.1, 0.15) is 28.9 Å². The van der Waals surface area contributed by atoms with Crippen molar-refractivity contribution in [2.75, 3.05) is 5.32 Å². The number of aromatic nitrogens is 3. The van der Waals surface area contributed by atoms with Gasteiger partial charge in [-0.2, -0.15) is 0 Å². The first-order valence-corrected chi connectivity index (χ1v) is 10.1. The molecule has 1 aliphatic heterocycles. The zero-order valence-electron chi connectivity index (χ0n) is 15.7. The van der Waals surface area contributed by atoms with Crippen molar-refractivity contribution >= 4 is 34.1 Å². The first-order valence-electron chi connectivity index (χ1n) is 9.69. The van der Waals surface area contributed by atoms with Crippen LogP contribution >= 0.6 is 11.6 Å². The molecule has 0 bridgehead atoms. The van der Waals surface area contributed by atoms with Gasteiger partial charge in [0.05, 0.1) is 11.1 Å². The van der Waals surface area contributed by atoms with Gasteiger partial charge in [0.2, 0.25) is 0 Å². The summed E-state index contributed by atoms with van der Waals surface area (Å²) in [6.07, 6.45) is 7.15. The fourth-order valence-electron chi connectivity index (χ4n) is 3.90. The lowest BCUT2D eigenvalue weighted by Gasteiger charge is -2.16. The Morgan fingerprint density at radius 3 is 2.79 bits per heavy atom. The highest BCUT2D eigenvalue weighted by Gasteiger charge is 2.16. The molecule has 0 saturated carbocycles. The van der Waals surface area contributed by atoms with Crippen LogP contribution in [0, 0.1) is 0 Å². The normalized spacial score (nSPS) is 13.3. The van der Waals surface area contributed by atoms with Crippen molar-refractivity contribution in [2.24, 2.45) is 0 Å². The van der Waals surface area contributed by atoms with Crippen molar-refractivity contribution in [2.45, 2.75) is 25.8 Å². The van der Waals surface area contributed by atoms with Gasteiger partial charge in [-0.3, -0.25) is 9.78 Å². The van der Waals surface area contributed by atoms with E-state index in [9.17, 15) is 4.79 Å². The van der Waals surface area contributed by atoms with Crippen LogP contribution in [-0.4, -0.2) is 20.4 Å². The average molecular weight is 403 g/mol. The van der Waals surface area contributed by atoms with Crippen LogP contribution in [0.3, 0.4) is 0 Å². The molecule has 6 heteroatoms. The number of amides is 1. The van der Waals surface area contributed by atoms with Crippen LogP contribution in [0.25, 0.3) is 22.3 Å². The maximum absolute atomic E-state index is 12.9. The van der Waals surface area contributed by atoms with E-state index in [1.807, 2.05) is 42.6 Å². The Morgan fingerprint density at radius 1 is 1.07 bits per heavy atom. The third-order valence-corrected chi connectivity index (χ3v) is 5.54. The number of pyridine rings is 1. The van der Waals surface area contributed by atoms with E-state index in [1.165, 1.54) is 18.5 Å². The molecule has 1 N–H and O–H groups in total. The summed E-state index contributed by atoms with van der Waals surface area (Å²) in [5.41, 5.74) is 4.15. The molecule has 2 aromatic carbocycles. The number of hydrogen-bond acceptors (Lipinski definition) is 3. The minimum Gasteiger partial charge on any atom is -0.328 e. The third kappa shape index (κ3) is 3.38. The summed E-state index contributed by atoms with van der Waals surface area (Å²) in [5, 5.41) is 4.29. The first kappa shape index (κ1) is 17.9. The molecule has 4 aromatic rings. The molecule has 29 heavy (non-hydrogen) atoms. The molecule has 0 unspecified atom stereocenters. The summed E-state index contributed by atoms with van der Waals surface area (Å²) in [4.78, 5) is 21.8. The SMILES string of the molecule is O=C(Nc1ccc(-c2ncc3n2CCCC3)cc1)c1cc(Cl)cc2cccnc12. The largest absolute Gasteiger partial charge is 0.328 e. The number of imidazole rings is 1. The summed E-state index contributed by atoms with van der Waals surface area (Å²) < 4.78 is 2.29. The van der Waals surface area contributed by atoms with Gasteiger partial charge in [-0.05, 0) is 61.7 Å². The average Bonchev–Trinajstić information content (AvgIpc) is 3.18. The lowest BCUT2D eigenvalue weighted by molar-refractivity contribution is 0.102. The number of benzene rings is 2. The summed E-state index contributed by atoms with van der Waals surface area (Å²) >= 11 is 6.19. The van der Waals surface area contributed by atoms with Crippen LogP contribution in [-0.2, 0) is 13.0 Å². The van der Waals surface area contributed by atoms with Gasteiger partial charge in [-0.1, -0.05) is 17.7 Å². The topological polar surface area (TPSA) is 59.8 Å². The highest BCUT2D eigenvalue weighted by molar-refractivity contribution is 6.32. The van der Waals surface area contributed by atoms with E-state index >= 15 is 0 Å². The molecule has 144 valence electrons. The quantitative estimate of drug-likeness (QED) is 0.503. The van der Waals surface area contributed by atoms with Gasteiger partial charge in [-0.25, -0.2) is 4.98 Å². The molecular formula is C23H19ClN4O. The Bertz CT molecular complexity index is 1210. The number of rotatable bonds is 3. The molecule has 1 amide bonds. The standard InChI is InChI=1S/C23H19ClN4O/c24-17-12-16-4-3-10-25-21(16)20(13-17)23(29)27-18-8-6-15(7-9-18)22-26-14-19-5-1-2-11-28(19)22/h3-4,6-10,12-14H,1-2,5,11H2,(H,27,29). The molecule has 0 saturated heterocycles. The lowest BCUT2D eigenvalue weighted by Crippen LogP contribution is -2.13. The predicted molar refractivity (Wildman–Crippen MR) is 115 cm³/mol. The molecule has 5 rings (SSSR count). The Labute approximate surface area is 173 Å². The van der Waals surface area contributed by atoms with Crippen LogP contribution in [0.5, 0.6) is 0 Å². The molecule has 3 heterocycles. The van der Waals surface area contributed by atoms with Gasteiger partial charge in [0, 0.05) is 46.3 Å². The van der Waals surface area contributed by atoms with E-state index in [-0.39, 0.29) is 5.91 Å². The Kier molecular flexibility index (Phi) is 4.52. The Hall–Kier alpha value is -3.18. The van der Waals surface area contributed by atoms with E-state index < -0.39 is 0 Å². The first-order chi connectivity index (χ1) is 14.2. The smallest absolute Gasteiger partial charge is 0.257 e. The highest BCUT2D eigenvalue weighted by Crippen LogP contribution is 2.27. The highest BCUT2D eigenvalue weighted by atomic mass is 35.5. The van der Waals surface area contributed by atoms with Crippen molar-refractivity contribution in [1.29, 1.82) is 0 Å². The summed E-state index contributed by atoms with van der Waals surface area (Å²) in [6.45, 7) is 1.01. The van der Waals surface area contributed by atoms with Crippen molar-refractivity contribution in [3.8, 4) is 11.4 Å². The van der Waals surface area contributed by atoms with E-state index in [4.69, 9.17) is 11.6 Å². The van der Waals surface area contributed by atoms with Crippen molar-refractivity contribution < 1.29 is 4.79 Å². The van der Waals surface area contributed by atoms with Crippen LogP contribution in [0.4, 0.5) is 5.69 Å². The second kappa shape index (κ2) is 7.33. The molecular weight excluding hydrogens is 384 g/mol. The van der Waals surface area contributed by atoms with Crippen LogP contribution in [0.2, 0.25) is 5.02 Å². The fourth-order valence-corrected chi connectivity index (χ4v) is 4.12. The number of aryl methyl sites for hydroxylation is 1. The molecule has 0 atom stereocenters. The molecule has 1 aliphatic rings. The monoisotopic (exact) mass is 402 g/mol. The summed E-state index contributed by atoms with van der Waals surface area (Å²) in [6, 6.07) is 15.0.